The molecule has 2 aromatic heterocycles. The van der Waals surface area contributed by atoms with Gasteiger partial charge in [-0.15, -0.1) is 11.3 Å². The molecule has 1 unspecified atom stereocenters. The summed E-state index contributed by atoms with van der Waals surface area (Å²) in [6.07, 6.45) is 2.91. The maximum atomic E-state index is 12.5. The Balaban J connectivity index is 1.80. The van der Waals surface area contributed by atoms with Crippen molar-refractivity contribution in [3.8, 4) is 5.88 Å². The number of hydrogen-bond donors (Lipinski definition) is 1. The van der Waals surface area contributed by atoms with E-state index in [1.54, 1.807) is 11.3 Å². The second-order valence-corrected chi connectivity index (χ2v) is 6.18. The van der Waals surface area contributed by atoms with Gasteiger partial charge in [0.05, 0.1) is 13.0 Å². The SMILES string of the molecule is COc1cc(Cl)nc(NC(=O)C2CCCc3sccc32)n1. The van der Waals surface area contributed by atoms with Crippen LogP contribution in [-0.2, 0) is 11.2 Å². The van der Waals surface area contributed by atoms with Gasteiger partial charge in [-0.25, -0.2) is 4.98 Å². The smallest absolute Gasteiger partial charge is 0.234 e. The van der Waals surface area contributed by atoms with Crippen molar-refractivity contribution in [2.75, 3.05) is 12.4 Å². The van der Waals surface area contributed by atoms with Gasteiger partial charge >= 0.3 is 0 Å². The number of rotatable bonds is 3. The zero-order valence-electron chi connectivity index (χ0n) is 11.4. The molecular formula is C14H14ClN3O2S. The number of aromatic nitrogens is 2. The monoisotopic (exact) mass is 323 g/mol. The maximum absolute atomic E-state index is 12.5. The van der Waals surface area contributed by atoms with Gasteiger partial charge in [-0.05, 0) is 36.3 Å². The molecule has 110 valence electrons. The van der Waals surface area contributed by atoms with Gasteiger partial charge in [0, 0.05) is 10.9 Å². The number of carbonyl (C=O) groups excluding carboxylic acids is 1. The van der Waals surface area contributed by atoms with Crippen LogP contribution < -0.4 is 10.1 Å². The summed E-state index contributed by atoms with van der Waals surface area (Å²) in [5, 5.41) is 5.01. The molecule has 1 amide bonds. The first-order valence-electron chi connectivity index (χ1n) is 6.63. The summed E-state index contributed by atoms with van der Waals surface area (Å²) in [5.74, 6) is 0.254. The number of ether oxygens (including phenoxy) is 1. The summed E-state index contributed by atoms with van der Waals surface area (Å²) in [6, 6.07) is 3.53. The quantitative estimate of drug-likeness (QED) is 0.881. The van der Waals surface area contributed by atoms with E-state index in [0.717, 1.165) is 24.8 Å². The molecule has 0 bridgehead atoms. The Morgan fingerprint density at radius 2 is 2.38 bits per heavy atom. The molecule has 0 fully saturated rings. The van der Waals surface area contributed by atoms with Gasteiger partial charge in [0.2, 0.25) is 17.7 Å². The fraction of sp³-hybridized carbons (Fsp3) is 0.357. The lowest BCUT2D eigenvalue weighted by atomic mass is 9.87. The van der Waals surface area contributed by atoms with E-state index in [9.17, 15) is 4.79 Å². The minimum atomic E-state index is -0.145. The number of aryl methyl sites for hydroxylation is 1. The number of carbonyl (C=O) groups is 1. The first-order chi connectivity index (χ1) is 10.2. The molecular weight excluding hydrogens is 310 g/mol. The van der Waals surface area contributed by atoms with E-state index in [0.29, 0.717) is 5.88 Å². The molecule has 7 heteroatoms. The van der Waals surface area contributed by atoms with E-state index in [2.05, 4.69) is 15.3 Å². The van der Waals surface area contributed by atoms with Crippen LogP contribution in [0, 0.1) is 0 Å². The van der Waals surface area contributed by atoms with Crippen LogP contribution >= 0.6 is 22.9 Å². The summed E-state index contributed by atoms with van der Waals surface area (Å²) >= 11 is 7.59. The highest BCUT2D eigenvalue weighted by molar-refractivity contribution is 7.10. The number of amides is 1. The van der Waals surface area contributed by atoms with Crippen molar-refractivity contribution in [1.29, 1.82) is 0 Å². The Kier molecular flexibility index (Phi) is 4.07. The van der Waals surface area contributed by atoms with Crippen LogP contribution in [0.25, 0.3) is 0 Å². The molecule has 21 heavy (non-hydrogen) atoms. The summed E-state index contributed by atoms with van der Waals surface area (Å²) in [5.41, 5.74) is 1.12. The third kappa shape index (κ3) is 3.01. The van der Waals surface area contributed by atoms with Crippen molar-refractivity contribution < 1.29 is 9.53 Å². The Morgan fingerprint density at radius 1 is 1.52 bits per heavy atom. The van der Waals surface area contributed by atoms with Crippen LogP contribution in [0.15, 0.2) is 17.5 Å². The molecule has 1 N–H and O–H groups in total. The number of methoxy groups -OCH3 is 1. The first-order valence-corrected chi connectivity index (χ1v) is 7.89. The number of fused-ring (bicyclic) bond motifs is 1. The normalized spacial score (nSPS) is 17.1. The van der Waals surface area contributed by atoms with E-state index in [4.69, 9.17) is 16.3 Å². The molecule has 0 aliphatic heterocycles. The Hall–Kier alpha value is -1.66. The lowest BCUT2D eigenvalue weighted by Gasteiger charge is -2.21. The van der Waals surface area contributed by atoms with E-state index in [-0.39, 0.29) is 22.9 Å². The minimum absolute atomic E-state index is 0.0985. The van der Waals surface area contributed by atoms with E-state index in [1.165, 1.54) is 18.1 Å². The van der Waals surface area contributed by atoms with E-state index < -0.39 is 0 Å². The second-order valence-electron chi connectivity index (χ2n) is 4.79. The molecule has 2 aromatic rings. The predicted octanol–water partition coefficient (Wildman–Crippen LogP) is 3.26. The van der Waals surface area contributed by atoms with E-state index >= 15 is 0 Å². The van der Waals surface area contributed by atoms with Crippen LogP contribution in [0.2, 0.25) is 5.15 Å². The van der Waals surface area contributed by atoms with Gasteiger partial charge in [-0.1, -0.05) is 11.6 Å². The molecule has 2 heterocycles. The number of anilines is 1. The van der Waals surface area contributed by atoms with Gasteiger partial charge in [-0.2, -0.15) is 4.98 Å². The average Bonchev–Trinajstić information content (AvgIpc) is 2.94. The molecule has 1 aliphatic rings. The lowest BCUT2D eigenvalue weighted by Crippen LogP contribution is -2.24. The van der Waals surface area contributed by atoms with Crippen LogP contribution in [0.3, 0.4) is 0 Å². The van der Waals surface area contributed by atoms with Gasteiger partial charge in [0.25, 0.3) is 0 Å². The number of thiophene rings is 1. The van der Waals surface area contributed by atoms with Crippen molar-refractivity contribution in [2.24, 2.45) is 0 Å². The fourth-order valence-corrected chi connectivity index (χ4v) is 3.67. The molecule has 3 rings (SSSR count). The number of halogens is 1. The van der Waals surface area contributed by atoms with E-state index in [1.807, 2.05) is 11.4 Å². The maximum Gasteiger partial charge on any atom is 0.234 e. The van der Waals surface area contributed by atoms with Crippen LogP contribution in [0.1, 0.15) is 29.2 Å². The van der Waals surface area contributed by atoms with Gasteiger partial charge in [0.15, 0.2) is 0 Å². The highest BCUT2D eigenvalue weighted by Gasteiger charge is 2.27. The van der Waals surface area contributed by atoms with Gasteiger partial charge < -0.3 is 4.74 Å². The molecule has 0 spiro atoms. The lowest BCUT2D eigenvalue weighted by molar-refractivity contribution is -0.117. The number of hydrogen-bond acceptors (Lipinski definition) is 5. The standard InChI is InChI=1S/C14H14ClN3O2S/c1-20-12-7-11(15)16-14(17-12)18-13(19)9-3-2-4-10-8(9)5-6-21-10/h5-7,9H,2-4H2,1H3,(H,16,17,18,19). The summed E-state index contributed by atoms with van der Waals surface area (Å²) in [6.45, 7) is 0. The topological polar surface area (TPSA) is 64.1 Å². The molecule has 0 aromatic carbocycles. The Bertz CT molecular complexity index is 674. The second kappa shape index (κ2) is 5.99. The van der Waals surface area contributed by atoms with Crippen LogP contribution in [0.5, 0.6) is 5.88 Å². The average molecular weight is 324 g/mol. The highest BCUT2D eigenvalue weighted by atomic mass is 35.5. The summed E-state index contributed by atoms with van der Waals surface area (Å²) in [7, 11) is 1.49. The van der Waals surface area contributed by atoms with Crippen LogP contribution in [-0.4, -0.2) is 23.0 Å². The molecule has 0 radical (unpaired) electrons. The number of nitrogens with zero attached hydrogens (tertiary/aromatic N) is 2. The van der Waals surface area contributed by atoms with Crippen molar-refractivity contribution in [3.05, 3.63) is 33.1 Å². The zero-order chi connectivity index (χ0) is 14.8. The van der Waals surface area contributed by atoms with Gasteiger partial charge in [0.1, 0.15) is 5.15 Å². The van der Waals surface area contributed by atoms with Crippen molar-refractivity contribution in [3.63, 3.8) is 0 Å². The fourth-order valence-electron chi connectivity index (χ4n) is 2.51. The molecule has 0 saturated heterocycles. The van der Waals surface area contributed by atoms with Crippen molar-refractivity contribution in [2.45, 2.75) is 25.2 Å². The number of nitrogens with one attached hydrogen (secondary N) is 1. The summed E-state index contributed by atoms with van der Waals surface area (Å²) < 4.78 is 5.02. The third-order valence-corrected chi connectivity index (χ3v) is 4.67. The Labute approximate surface area is 131 Å². The molecule has 0 saturated carbocycles. The predicted molar refractivity (Wildman–Crippen MR) is 82.2 cm³/mol. The largest absolute Gasteiger partial charge is 0.481 e. The van der Waals surface area contributed by atoms with Gasteiger partial charge in [-0.3, -0.25) is 10.1 Å². The zero-order valence-corrected chi connectivity index (χ0v) is 13.0. The molecule has 1 atom stereocenters. The first kappa shape index (κ1) is 14.3. The third-order valence-electron chi connectivity index (χ3n) is 3.48. The van der Waals surface area contributed by atoms with Crippen molar-refractivity contribution >= 4 is 34.8 Å². The molecule has 1 aliphatic carbocycles. The summed E-state index contributed by atoms with van der Waals surface area (Å²) in [4.78, 5) is 21.9. The highest BCUT2D eigenvalue weighted by Crippen LogP contribution is 2.35. The van der Waals surface area contributed by atoms with Crippen molar-refractivity contribution in [1.82, 2.24) is 9.97 Å². The minimum Gasteiger partial charge on any atom is -0.481 e. The Morgan fingerprint density at radius 3 is 3.19 bits per heavy atom. The van der Waals surface area contributed by atoms with Crippen LogP contribution in [0.4, 0.5) is 5.95 Å². The molecule has 5 nitrogen and oxygen atoms in total.